The normalized spacial score (nSPS) is 13.9. The summed E-state index contributed by atoms with van der Waals surface area (Å²) in [4.78, 5) is 0. The van der Waals surface area contributed by atoms with Crippen molar-refractivity contribution in [2.24, 2.45) is 11.3 Å². The van der Waals surface area contributed by atoms with Gasteiger partial charge in [-0.25, -0.2) is 4.39 Å². The molecule has 1 nitrogen and oxygen atoms in total. The first-order valence-electron chi connectivity index (χ1n) is 6.87. The van der Waals surface area contributed by atoms with Crippen molar-refractivity contribution in [3.63, 3.8) is 0 Å². The lowest BCUT2D eigenvalue weighted by molar-refractivity contribution is 0.226. The van der Waals surface area contributed by atoms with Gasteiger partial charge in [0.2, 0.25) is 0 Å². The summed E-state index contributed by atoms with van der Waals surface area (Å²) in [6, 6.07) is 5.57. The molecule has 0 saturated heterocycles. The zero-order valence-corrected chi connectivity index (χ0v) is 13.3. The number of halogens is 2. The van der Waals surface area contributed by atoms with Gasteiger partial charge in [-0.15, -0.1) is 0 Å². The molecule has 0 aromatic heterocycles. The average molecular weight is 286 g/mol. The molecule has 1 N–H and O–H groups in total. The van der Waals surface area contributed by atoms with Crippen molar-refractivity contribution in [3.05, 3.63) is 34.6 Å². The molecule has 0 fully saturated rings. The van der Waals surface area contributed by atoms with Gasteiger partial charge >= 0.3 is 0 Å². The molecule has 0 radical (unpaired) electrons. The maximum absolute atomic E-state index is 13.5. The fourth-order valence-corrected chi connectivity index (χ4v) is 2.13. The molecule has 108 valence electrons. The second-order valence-electron chi connectivity index (χ2n) is 6.58. The van der Waals surface area contributed by atoms with E-state index in [1.54, 1.807) is 12.1 Å². The third-order valence-corrected chi connectivity index (χ3v) is 3.77. The Morgan fingerprint density at radius 3 is 2.37 bits per heavy atom. The Morgan fingerprint density at radius 2 is 1.89 bits per heavy atom. The second kappa shape index (κ2) is 6.71. The Labute approximate surface area is 121 Å². The molecule has 1 aromatic carbocycles. The molecule has 0 aliphatic rings. The summed E-state index contributed by atoms with van der Waals surface area (Å²) in [6.45, 7) is 11.9. The largest absolute Gasteiger partial charge is 0.314 e. The van der Waals surface area contributed by atoms with Crippen LogP contribution >= 0.6 is 11.6 Å². The number of benzene rings is 1. The van der Waals surface area contributed by atoms with Crippen LogP contribution in [0.2, 0.25) is 5.02 Å². The Hall–Kier alpha value is -0.600. The Balaban J connectivity index is 2.79. The minimum atomic E-state index is -0.330. The fraction of sp³-hybridized carbons (Fsp3) is 0.625. The summed E-state index contributed by atoms with van der Waals surface area (Å²) in [6.07, 6.45) is 0.858. The van der Waals surface area contributed by atoms with Crippen LogP contribution in [0.1, 0.15) is 40.2 Å². The molecular weight excluding hydrogens is 261 g/mol. The summed E-state index contributed by atoms with van der Waals surface area (Å²) in [5, 5.41) is 3.67. The van der Waals surface area contributed by atoms with E-state index in [9.17, 15) is 4.39 Å². The molecule has 0 heterocycles. The molecule has 19 heavy (non-hydrogen) atoms. The number of rotatable bonds is 5. The zero-order chi connectivity index (χ0) is 14.6. The van der Waals surface area contributed by atoms with Gasteiger partial charge in [-0.3, -0.25) is 0 Å². The Bertz CT molecular complexity index is 410. The van der Waals surface area contributed by atoms with E-state index in [-0.39, 0.29) is 16.3 Å². The van der Waals surface area contributed by atoms with E-state index < -0.39 is 0 Å². The van der Waals surface area contributed by atoms with Crippen LogP contribution in [0.5, 0.6) is 0 Å². The monoisotopic (exact) mass is 285 g/mol. The van der Waals surface area contributed by atoms with E-state index in [0.29, 0.717) is 12.0 Å². The fourth-order valence-electron chi connectivity index (χ4n) is 2.01. The second-order valence-corrected chi connectivity index (χ2v) is 6.99. The van der Waals surface area contributed by atoms with Crippen LogP contribution in [-0.2, 0) is 6.42 Å². The molecule has 0 aliphatic carbocycles. The van der Waals surface area contributed by atoms with E-state index in [0.717, 1.165) is 18.5 Å². The highest BCUT2D eigenvalue weighted by molar-refractivity contribution is 6.30. The van der Waals surface area contributed by atoms with Gasteiger partial charge in [0.1, 0.15) is 5.82 Å². The standard InChI is InChI=1S/C16H25ClFN/c1-11(2)19-10-13(16(3,4)5)8-12-6-7-14(17)15(18)9-12/h6-7,9,11,13,19H,8,10H2,1-5H3. The van der Waals surface area contributed by atoms with Crippen molar-refractivity contribution >= 4 is 11.6 Å². The summed E-state index contributed by atoms with van der Waals surface area (Å²) in [5.41, 5.74) is 1.19. The highest BCUT2D eigenvalue weighted by atomic mass is 35.5. The first-order valence-corrected chi connectivity index (χ1v) is 7.25. The molecule has 1 rings (SSSR count). The predicted molar refractivity (Wildman–Crippen MR) is 81.2 cm³/mol. The van der Waals surface area contributed by atoms with Crippen LogP contribution in [0.15, 0.2) is 18.2 Å². The van der Waals surface area contributed by atoms with Crippen molar-refractivity contribution in [3.8, 4) is 0 Å². The first kappa shape index (κ1) is 16.5. The van der Waals surface area contributed by atoms with E-state index in [4.69, 9.17) is 11.6 Å². The quantitative estimate of drug-likeness (QED) is 0.828. The summed E-state index contributed by atoms with van der Waals surface area (Å²) in [7, 11) is 0. The van der Waals surface area contributed by atoms with Gasteiger partial charge in [-0.1, -0.05) is 52.3 Å². The van der Waals surface area contributed by atoms with Crippen molar-refractivity contribution in [2.45, 2.75) is 47.1 Å². The van der Waals surface area contributed by atoms with Crippen molar-refractivity contribution in [2.75, 3.05) is 6.54 Å². The third kappa shape index (κ3) is 5.50. The van der Waals surface area contributed by atoms with Gasteiger partial charge in [-0.2, -0.15) is 0 Å². The minimum Gasteiger partial charge on any atom is -0.314 e. The lowest BCUT2D eigenvalue weighted by atomic mass is 9.77. The molecule has 0 amide bonds. The number of nitrogens with one attached hydrogen (secondary N) is 1. The first-order chi connectivity index (χ1) is 8.70. The van der Waals surface area contributed by atoms with E-state index in [1.165, 1.54) is 0 Å². The van der Waals surface area contributed by atoms with E-state index >= 15 is 0 Å². The smallest absolute Gasteiger partial charge is 0.142 e. The molecule has 0 saturated carbocycles. The van der Waals surface area contributed by atoms with Gasteiger partial charge < -0.3 is 5.32 Å². The topological polar surface area (TPSA) is 12.0 Å². The molecule has 1 unspecified atom stereocenters. The zero-order valence-electron chi connectivity index (χ0n) is 12.6. The van der Waals surface area contributed by atoms with Crippen LogP contribution in [-0.4, -0.2) is 12.6 Å². The number of hydrogen-bond donors (Lipinski definition) is 1. The molecule has 1 aromatic rings. The van der Waals surface area contributed by atoms with E-state index in [2.05, 4.69) is 39.9 Å². The average Bonchev–Trinajstić information content (AvgIpc) is 2.27. The highest BCUT2D eigenvalue weighted by Gasteiger charge is 2.25. The van der Waals surface area contributed by atoms with Crippen molar-refractivity contribution < 1.29 is 4.39 Å². The van der Waals surface area contributed by atoms with Crippen molar-refractivity contribution in [1.29, 1.82) is 0 Å². The highest BCUT2D eigenvalue weighted by Crippen LogP contribution is 2.29. The van der Waals surface area contributed by atoms with Gasteiger partial charge in [0, 0.05) is 6.04 Å². The summed E-state index contributed by atoms with van der Waals surface area (Å²) in [5.74, 6) is 0.124. The van der Waals surface area contributed by atoms with Crippen LogP contribution in [0.3, 0.4) is 0 Å². The molecule has 3 heteroatoms. The van der Waals surface area contributed by atoms with Gasteiger partial charge in [0.05, 0.1) is 5.02 Å². The Morgan fingerprint density at radius 1 is 1.26 bits per heavy atom. The molecular formula is C16H25ClFN. The summed E-state index contributed by atoms with van der Waals surface area (Å²) >= 11 is 5.72. The minimum absolute atomic E-state index is 0.179. The molecule has 0 aliphatic heterocycles. The molecule has 0 bridgehead atoms. The van der Waals surface area contributed by atoms with Crippen LogP contribution in [0.4, 0.5) is 4.39 Å². The lowest BCUT2D eigenvalue weighted by Gasteiger charge is -2.32. The van der Waals surface area contributed by atoms with Gasteiger partial charge in [0.25, 0.3) is 0 Å². The lowest BCUT2D eigenvalue weighted by Crippen LogP contribution is -2.36. The SMILES string of the molecule is CC(C)NCC(Cc1ccc(Cl)c(F)c1)C(C)(C)C. The van der Waals surface area contributed by atoms with Crippen LogP contribution < -0.4 is 5.32 Å². The van der Waals surface area contributed by atoms with Gasteiger partial charge in [0.15, 0.2) is 0 Å². The molecule has 0 spiro atoms. The third-order valence-electron chi connectivity index (χ3n) is 3.46. The van der Waals surface area contributed by atoms with E-state index in [1.807, 2.05) is 6.07 Å². The predicted octanol–water partition coefficient (Wildman–Crippen LogP) is 4.68. The van der Waals surface area contributed by atoms with Gasteiger partial charge in [-0.05, 0) is 42.0 Å². The summed E-state index contributed by atoms with van der Waals surface area (Å²) < 4.78 is 13.5. The maximum Gasteiger partial charge on any atom is 0.142 e. The maximum atomic E-state index is 13.5. The van der Waals surface area contributed by atoms with Crippen molar-refractivity contribution in [1.82, 2.24) is 5.32 Å². The number of hydrogen-bond acceptors (Lipinski definition) is 1. The van der Waals surface area contributed by atoms with Crippen LogP contribution in [0, 0.1) is 17.2 Å². The van der Waals surface area contributed by atoms with Crippen LogP contribution in [0.25, 0.3) is 0 Å². The Kier molecular flexibility index (Phi) is 5.82. The molecule has 1 atom stereocenters.